The van der Waals surface area contributed by atoms with Gasteiger partial charge in [-0.05, 0) is 57.9 Å². The maximum absolute atomic E-state index is 14.0. The monoisotopic (exact) mass is 401 g/mol. The van der Waals surface area contributed by atoms with Crippen molar-refractivity contribution < 1.29 is 13.9 Å². The maximum atomic E-state index is 14.0. The average molecular weight is 401 g/mol. The molecule has 0 aliphatic carbocycles. The molecule has 1 aromatic heterocycles. The van der Waals surface area contributed by atoms with E-state index in [1.54, 1.807) is 11.1 Å². The van der Waals surface area contributed by atoms with Crippen LogP contribution in [-0.4, -0.2) is 53.0 Å². The molecule has 1 fully saturated rings. The molecule has 0 radical (unpaired) electrons. The van der Waals surface area contributed by atoms with Gasteiger partial charge in [-0.25, -0.2) is 14.4 Å². The summed E-state index contributed by atoms with van der Waals surface area (Å²) in [6.45, 7) is 8.48. The van der Waals surface area contributed by atoms with Gasteiger partial charge in [0.15, 0.2) is 11.6 Å². The minimum Gasteiger partial charge on any atom is -0.451 e. The van der Waals surface area contributed by atoms with E-state index in [-0.39, 0.29) is 23.3 Å². The van der Waals surface area contributed by atoms with Crippen LogP contribution in [0.2, 0.25) is 0 Å². The van der Waals surface area contributed by atoms with Gasteiger partial charge >= 0.3 is 0 Å². The highest BCUT2D eigenvalue weighted by atomic mass is 19.1. The summed E-state index contributed by atoms with van der Waals surface area (Å²) in [7, 11) is 0. The van der Waals surface area contributed by atoms with E-state index >= 15 is 0 Å². The first-order valence-corrected chi connectivity index (χ1v) is 9.98. The number of aromatic nitrogens is 2. The van der Waals surface area contributed by atoms with E-state index in [2.05, 4.69) is 14.9 Å². The molecule has 29 heavy (non-hydrogen) atoms. The standard InChI is InChI=1S/C21H28FN5O2/c1-4-27(14(2)3)21(28)17-9-16(22)5-6-18(17)29-19-11-24-13-25-20(19)26-8-7-15(10-23)12-26/h5-6,9,11,13-15H,4,7-8,10,12,23H2,1-3H3. The van der Waals surface area contributed by atoms with Gasteiger partial charge in [0.1, 0.15) is 17.9 Å². The van der Waals surface area contributed by atoms with Gasteiger partial charge in [0, 0.05) is 25.7 Å². The van der Waals surface area contributed by atoms with E-state index in [1.165, 1.54) is 24.5 Å². The molecule has 1 saturated heterocycles. The van der Waals surface area contributed by atoms with Crippen LogP contribution >= 0.6 is 0 Å². The lowest BCUT2D eigenvalue weighted by Crippen LogP contribution is -2.36. The lowest BCUT2D eigenvalue weighted by molar-refractivity contribution is 0.0713. The zero-order valence-electron chi connectivity index (χ0n) is 17.1. The number of ether oxygens (including phenoxy) is 1. The van der Waals surface area contributed by atoms with Crippen molar-refractivity contribution in [2.45, 2.75) is 33.2 Å². The molecule has 2 aromatic rings. The summed E-state index contributed by atoms with van der Waals surface area (Å²) in [6, 6.07) is 3.95. The minimum atomic E-state index is -0.490. The molecule has 2 N–H and O–H groups in total. The Morgan fingerprint density at radius 1 is 1.41 bits per heavy atom. The highest BCUT2D eigenvalue weighted by Gasteiger charge is 2.27. The number of carbonyl (C=O) groups is 1. The van der Waals surface area contributed by atoms with Crippen LogP contribution in [0.5, 0.6) is 11.5 Å². The summed E-state index contributed by atoms with van der Waals surface area (Å²) < 4.78 is 20.0. The van der Waals surface area contributed by atoms with Gasteiger partial charge in [0.2, 0.25) is 0 Å². The van der Waals surface area contributed by atoms with Crippen LogP contribution in [0.25, 0.3) is 0 Å². The Hall–Kier alpha value is -2.74. The molecule has 1 atom stereocenters. The molecule has 0 bridgehead atoms. The molecule has 8 heteroatoms. The molecule has 156 valence electrons. The van der Waals surface area contributed by atoms with Crippen molar-refractivity contribution in [1.82, 2.24) is 14.9 Å². The van der Waals surface area contributed by atoms with Crippen molar-refractivity contribution >= 4 is 11.7 Å². The van der Waals surface area contributed by atoms with E-state index < -0.39 is 5.82 Å². The number of anilines is 1. The van der Waals surface area contributed by atoms with E-state index in [0.717, 1.165) is 19.5 Å². The van der Waals surface area contributed by atoms with Crippen molar-refractivity contribution in [1.29, 1.82) is 0 Å². The quantitative estimate of drug-likeness (QED) is 0.768. The Balaban J connectivity index is 1.93. The number of benzene rings is 1. The second-order valence-electron chi connectivity index (χ2n) is 7.47. The van der Waals surface area contributed by atoms with Gasteiger partial charge in [0.25, 0.3) is 5.91 Å². The molecule has 2 heterocycles. The summed E-state index contributed by atoms with van der Waals surface area (Å²) in [5.41, 5.74) is 5.98. The van der Waals surface area contributed by atoms with E-state index in [0.29, 0.717) is 30.6 Å². The predicted octanol–water partition coefficient (Wildman–Crippen LogP) is 3.06. The van der Waals surface area contributed by atoms with Gasteiger partial charge in [-0.3, -0.25) is 4.79 Å². The lowest BCUT2D eigenvalue weighted by atomic mass is 10.1. The summed E-state index contributed by atoms with van der Waals surface area (Å²) in [4.78, 5) is 25.2. The van der Waals surface area contributed by atoms with Crippen molar-refractivity contribution in [3.63, 3.8) is 0 Å². The maximum Gasteiger partial charge on any atom is 0.257 e. The Morgan fingerprint density at radius 2 is 2.21 bits per heavy atom. The highest BCUT2D eigenvalue weighted by Crippen LogP contribution is 2.34. The molecular weight excluding hydrogens is 373 g/mol. The molecule has 3 rings (SSSR count). The van der Waals surface area contributed by atoms with Crippen LogP contribution in [0, 0.1) is 11.7 Å². The summed E-state index contributed by atoms with van der Waals surface area (Å²) in [6.07, 6.45) is 4.02. The Morgan fingerprint density at radius 3 is 2.86 bits per heavy atom. The fraction of sp³-hybridized carbons (Fsp3) is 0.476. The number of nitrogens with two attached hydrogens (primary N) is 1. The van der Waals surface area contributed by atoms with Crippen LogP contribution in [-0.2, 0) is 0 Å². The van der Waals surface area contributed by atoms with Gasteiger partial charge in [-0.15, -0.1) is 0 Å². The van der Waals surface area contributed by atoms with Crippen LogP contribution in [0.15, 0.2) is 30.7 Å². The van der Waals surface area contributed by atoms with Gasteiger partial charge in [-0.2, -0.15) is 0 Å². The van der Waals surface area contributed by atoms with Gasteiger partial charge < -0.3 is 20.3 Å². The minimum absolute atomic E-state index is 0.0166. The van der Waals surface area contributed by atoms with Crippen LogP contribution in [0.4, 0.5) is 10.2 Å². The van der Waals surface area contributed by atoms with Crippen LogP contribution in [0.3, 0.4) is 0 Å². The first-order valence-electron chi connectivity index (χ1n) is 9.98. The predicted molar refractivity (Wildman–Crippen MR) is 110 cm³/mol. The lowest BCUT2D eigenvalue weighted by Gasteiger charge is -2.26. The van der Waals surface area contributed by atoms with Crippen molar-refractivity contribution in [3.05, 3.63) is 42.1 Å². The molecule has 7 nitrogen and oxygen atoms in total. The third-order valence-corrected chi connectivity index (χ3v) is 5.19. The number of halogens is 1. The number of nitrogens with zero attached hydrogens (tertiary/aromatic N) is 4. The SMILES string of the molecule is CCN(C(=O)c1cc(F)ccc1Oc1cncnc1N1CCC(CN)C1)C(C)C. The zero-order chi connectivity index (χ0) is 21.0. The third kappa shape index (κ3) is 4.64. The van der Waals surface area contributed by atoms with E-state index in [1.807, 2.05) is 20.8 Å². The number of hydrogen-bond donors (Lipinski definition) is 1. The van der Waals surface area contributed by atoms with Crippen molar-refractivity contribution in [2.24, 2.45) is 11.7 Å². The largest absolute Gasteiger partial charge is 0.451 e. The molecule has 1 amide bonds. The third-order valence-electron chi connectivity index (χ3n) is 5.19. The van der Waals surface area contributed by atoms with Crippen molar-refractivity contribution in [2.75, 3.05) is 31.1 Å². The first kappa shape index (κ1) is 21.0. The molecule has 0 saturated carbocycles. The zero-order valence-corrected chi connectivity index (χ0v) is 17.1. The van der Waals surface area contributed by atoms with Crippen LogP contribution < -0.4 is 15.4 Å². The fourth-order valence-corrected chi connectivity index (χ4v) is 3.61. The molecule has 1 aromatic carbocycles. The summed E-state index contributed by atoms with van der Waals surface area (Å²) in [5, 5.41) is 0. The van der Waals surface area contributed by atoms with Crippen LogP contribution in [0.1, 0.15) is 37.6 Å². The molecule has 1 aliphatic rings. The number of carbonyl (C=O) groups excluding carboxylic acids is 1. The molecule has 1 aliphatic heterocycles. The number of amides is 1. The highest BCUT2D eigenvalue weighted by molar-refractivity contribution is 5.97. The van der Waals surface area contributed by atoms with Crippen molar-refractivity contribution in [3.8, 4) is 11.5 Å². The normalized spacial score (nSPS) is 16.3. The molecule has 1 unspecified atom stereocenters. The fourth-order valence-electron chi connectivity index (χ4n) is 3.61. The first-order chi connectivity index (χ1) is 13.9. The Labute approximate surface area is 170 Å². The van der Waals surface area contributed by atoms with Gasteiger partial charge in [-0.1, -0.05) is 0 Å². The summed E-state index contributed by atoms with van der Waals surface area (Å²) in [5.74, 6) is 0.995. The van der Waals surface area contributed by atoms with Gasteiger partial charge in [0.05, 0.1) is 11.8 Å². The Bertz CT molecular complexity index is 861. The number of rotatable bonds is 7. The summed E-state index contributed by atoms with van der Waals surface area (Å²) >= 11 is 0. The van der Waals surface area contributed by atoms with E-state index in [4.69, 9.17) is 10.5 Å². The number of hydrogen-bond acceptors (Lipinski definition) is 6. The average Bonchev–Trinajstić information content (AvgIpc) is 3.19. The van der Waals surface area contributed by atoms with E-state index in [9.17, 15) is 9.18 Å². The second kappa shape index (κ2) is 9.17. The smallest absolute Gasteiger partial charge is 0.257 e. The Kier molecular flexibility index (Phi) is 6.64. The topological polar surface area (TPSA) is 84.6 Å². The molecular formula is C21H28FN5O2. The second-order valence-corrected chi connectivity index (χ2v) is 7.47. The molecule has 0 spiro atoms.